The number of aliphatic hydroxyl groups excluding tert-OH is 1. The van der Waals surface area contributed by atoms with E-state index >= 15 is 4.39 Å². The molecule has 138 valence electrons. The molecule has 1 amide bonds. The number of nitriles is 1. The molecule has 2 aliphatic heterocycles. The summed E-state index contributed by atoms with van der Waals surface area (Å²) in [6.45, 7) is 5.21. The molecule has 2 saturated heterocycles. The van der Waals surface area contributed by atoms with Gasteiger partial charge in [-0.3, -0.25) is 4.90 Å². The number of hydrogen-bond donors (Lipinski definition) is 2. The van der Waals surface area contributed by atoms with Gasteiger partial charge in [0.15, 0.2) is 0 Å². The largest absolute Gasteiger partial charge is 0.441 e. The van der Waals surface area contributed by atoms with Crippen LogP contribution in [0.2, 0.25) is 0 Å². The van der Waals surface area contributed by atoms with Gasteiger partial charge in [-0.15, -0.1) is 0 Å². The minimum absolute atomic E-state index is 0.108. The predicted molar refractivity (Wildman–Crippen MR) is 92.0 cm³/mol. The Balaban J connectivity index is 1.66. The van der Waals surface area contributed by atoms with Gasteiger partial charge in [0.05, 0.1) is 30.3 Å². The van der Waals surface area contributed by atoms with Gasteiger partial charge in [0, 0.05) is 12.0 Å². The fraction of sp³-hybridized carbons (Fsp3) is 0.579. The number of piperidine rings is 1. The van der Waals surface area contributed by atoms with E-state index in [9.17, 15) is 10.1 Å². The zero-order valence-electron chi connectivity index (χ0n) is 14.8. The first-order valence-electron chi connectivity index (χ1n) is 8.86. The summed E-state index contributed by atoms with van der Waals surface area (Å²) in [5.74, 6) is -0.0159. The van der Waals surface area contributed by atoms with Crippen LogP contribution < -0.4 is 10.2 Å². The maximum Gasteiger partial charge on any atom is 0.414 e. The number of carbonyl (C=O) groups is 1. The van der Waals surface area contributed by atoms with Gasteiger partial charge in [0.2, 0.25) is 0 Å². The van der Waals surface area contributed by atoms with E-state index < -0.39 is 17.6 Å². The number of aliphatic hydroxyl groups is 1. The van der Waals surface area contributed by atoms with Crippen molar-refractivity contribution >= 4 is 11.8 Å². The van der Waals surface area contributed by atoms with Gasteiger partial charge in [-0.2, -0.15) is 5.26 Å². The van der Waals surface area contributed by atoms with Gasteiger partial charge in [-0.05, 0) is 49.9 Å². The van der Waals surface area contributed by atoms with E-state index in [0.717, 1.165) is 6.54 Å². The highest BCUT2D eigenvalue weighted by molar-refractivity contribution is 5.89. The molecule has 0 radical (unpaired) electrons. The first kappa shape index (κ1) is 17.3. The third-order valence-electron chi connectivity index (χ3n) is 6.20. The molecule has 0 bridgehead atoms. The van der Waals surface area contributed by atoms with Crippen molar-refractivity contribution in [1.29, 1.82) is 5.26 Å². The molecule has 0 aromatic heterocycles. The van der Waals surface area contributed by atoms with Crippen LogP contribution >= 0.6 is 0 Å². The smallest absolute Gasteiger partial charge is 0.414 e. The minimum atomic E-state index is -0.587. The molecule has 0 spiro atoms. The van der Waals surface area contributed by atoms with Gasteiger partial charge >= 0.3 is 6.09 Å². The van der Waals surface area contributed by atoms with Crippen molar-refractivity contribution in [3.8, 4) is 6.07 Å². The topological polar surface area (TPSA) is 85.6 Å². The summed E-state index contributed by atoms with van der Waals surface area (Å²) in [6.07, 6.45) is -1.17. The van der Waals surface area contributed by atoms with E-state index in [1.807, 2.05) is 13.8 Å². The lowest BCUT2D eigenvalue weighted by Gasteiger charge is -2.24. The predicted octanol–water partition coefficient (Wildman–Crippen LogP) is 1.78. The number of benzene rings is 1. The number of nitrogens with zero attached hydrogens (tertiary/aromatic N) is 2. The number of nitrogens with one attached hydrogen (secondary N) is 1. The van der Waals surface area contributed by atoms with Crippen LogP contribution in [0.5, 0.6) is 0 Å². The number of halogens is 1. The number of carbonyl (C=O) groups excluding carboxylic acids is 1. The molecule has 1 aromatic carbocycles. The molecular weight excluding hydrogens is 337 g/mol. The second-order valence-corrected chi connectivity index (χ2v) is 8.05. The number of amides is 1. The van der Waals surface area contributed by atoms with Crippen molar-refractivity contribution in [3.05, 3.63) is 29.6 Å². The van der Waals surface area contributed by atoms with Crippen LogP contribution in [-0.2, 0) is 10.2 Å². The molecular formula is C19H22FN3O3. The van der Waals surface area contributed by atoms with E-state index in [0.29, 0.717) is 17.8 Å². The number of ether oxygens (including phenoxy) is 1. The Morgan fingerprint density at radius 1 is 1.54 bits per heavy atom. The summed E-state index contributed by atoms with van der Waals surface area (Å²) < 4.78 is 20.1. The SMILES string of the molecule is CC(C)(C#N)[C@H]1[C@@H]2CNC[C@]12c1ccc(N2C[C@H](CO)OC2=O)cc1F. The normalized spacial score (nSPS) is 33.0. The Morgan fingerprint density at radius 2 is 2.31 bits per heavy atom. The first-order chi connectivity index (χ1) is 12.3. The Morgan fingerprint density at radius 3 is 2.92 bits per heavy atom. The van der Waals surface area contributed by atoms with Crippen LogP contribution in [0, 0.1) is 34.4 Å². The van der Waals surface area contributed by atoms with Crippen LogP contribution in [0.1, 0.15) is 19.4 Å². The zero-order chi connectivity index (χ0) is 18.7. The van der Waals surface area contributed by atoms with Crippen molar-refractivity contribution < 1.29 is 19.0 Å². The molecule has 1 saturated carbocycles. The average Bonchev–Trinajstić information content (AvgIpc) is 2.91. The summed E-state index contributed by atoms with van der Waals surface area (Å²) in [5.41, 5.74) is 0.144. The van der Waals surface area contributed by atoms with E-state index in [1.54, 1.807) is 12.1 Å². The molecule has 2 N–H and O–H groups in total. The van der Waals surface area contributed by atoms with E-state index in [1.165, 1.54) is 11.0 Å². The Kier molecular flexibility index (Phi) is 3.76. The number of rotatable bonds is 4. The fourth-order valence-corrected chi connectivity index (χ4v) is 5.05. The molecule has 6 nitrogen and oxygen atoms in total. The number of hydrogen-bond acceptors (Lipinski definition) is 5. The third kappa shape index (κ3) is 2.25. The molecule has 3 fully saturated rings. The average molecular weight is 359 g/mol. The summed E-state index contributed by atoms with van der Waals surface area (Å²) in [5, 5.41) is 22.0. The number of anilines is 1. The highest BCUT2D eigenvalue weighted by Crippen LogP contribution is 2.68. The van der Waals surface area contributed by atoms with Crippen LogP contribution in [0.4, 0.5) is 14.9 Å². The molecule has 1 aliphatic carbocycles. The van der Waals surface area contributed by atoms with Crippen LogP contribution in [0.15, 0.2) is 18.2 Å². The fourth-order valence-electron chi connectivity index (χ4n) is 5.05. The summed E-state index contributed by atoms with van der Waals surface area (Å²) in [7, 11) is 0. The monoisotopic (exact) mass is 359 g/mol. The molecule has 2 heterocycles. The van der Waals surface area contributed by atoms with Crippen molar-refractivity contribution in [2.24, 2.45) is 17.3 Å². The molecule has 3 aliphatic rings. The molecule has 7 heteroatoms. The van der Waals surface area contributed by atoms with Crippen molar-refractivity contribution in [3.63, 3.8) is 0 Å². The molecule has 1 aromatic rings. The molecule has 4 atom stereocenters. The molecule has 4 rings (SSSR count). The second kappa shape index (κ2) is 5.66. The van der Waals surface area contributed by atoms with Crippen LogP contribution in [0.3, 0.4) is 0 Å². The van der Waals surface area contributed by atoms with Gasteiger partial charge in [-0.25, -0.2) is 9.18 Å². The van der Waals surface area contributed by atoms with Crippen molar-refractivity contribution in [2.75, 3.05) is 31.1 Å². The lowest BCUT2D eigenvalue weighted by Crippen LogP contribution is -2.30. The second-order valence-electron chi connectivity index (χ2n) is 8.05. The number of cyclic esters (lactones) is 1. The summed E-state index contributed by atoms with van der Waals surface area (Å²) in [6, 6.07) is 7.19. The van der Waals surface area contributed by atoms with Gasteiger partial charge in [0.25, 0.3) is 0 Å². The van der Waals surface area contributed by atoms with Crippen LogP contribution in [-0.4, -0.2) is 43.5 Å². The zero-order valence-corrected chi connectivity index (χ0v) is 14.8. The maximum absolute atomic E-state index is 15.1. The highest BCUT2D eigenvalue weighted by Gasteiger charge is 2.72. The lowest BCUT2D eigenvalue weighted by molar-refractivity contribution is 0.0963. The van der Waals surface area contributed by atoms with E-state index in [-0.39, 0.29) is 36.2 Å². The Labute approximate surface area is 151 Å². The van der Waals surface area contributed by atoms with Crippen molar-refractivity contribution in [1.82, 2.24) is 5.32 Å². The summed E-state index contributed by atoms with van der Waals surface area (Å²) >= 11 is 0. The van der Waals surface area contributed by atoms with Crippen molar-refractivity contribution in [2.45, 2.75) is 25.4 Å². The minimum Gasteiger partial charge on any atom is -0.441 e. The first-order valence-corrected chi connectivity index (χ1v) is 8.86. The Bertz CT molecular complexity index is 806. The number of fused-ring (bicyclic) bond motifs is 1. The van der Waals surface area contributed by atoms with Gasteiger partial charge in [-0.1, -0.05) is 6.07 Å². The quantitative estimate of drug-likeness (QED) is 0.856. The molecule has 0 unspecified atom stereocenters. The Hall–Kier alpha value is -2.17. The van der Waals surface area contributed by atoms with Gasteiger partial charge in [0.1, 0.15) is 11.9 Å². The molecule has 26 heavy (non-hydrogen) atoms. The van der Waals surface area contributed by atoms with E-state index in [4.69, 9.17) is 9.84 Å². The van der Waals surface area contributed by atoms with Crippen LogP contribution in [0.25, 0.3) is 0 Å². The third-order valence-corrected chi connectivity index (χ3v) is 6.20. The van der Waals surface area contributed by atoms with E-state index in [2.05, 4.69) is 11.4 Å². The standard InChI is InChI=1S/C19H22FN3O3/c1-18(2,9-21)16-14-6-22-10-19(14,16)13-4-3-11(5-15(13)20)23-7-12(8-24)26-17(23)25/h3-5,12,14,16,22,24H,6-8,10H2,1-2H3/t12-,14+,16-,19-/m1/s1. The summed E-state index contributed by atoms with van der Waals surface area (Å²) in [4.78, 5) is 13.2. The van der Waals surface area contributed by atoms with Gasteiger partial charge < -0.3 is 15.2 Å². The highest BCUT2D eigenvalue weighted by atomic mass is 19.1. The maximum atomic E-state index is 15.1. The lowest BCUT2D eigenvalue weighted by atomic mass is 9.80.